The van der Waals surface area contributed by atoms with Crippen LogP contribution in [0, 0.1) is 0 Å². The van der Waals surface area contributed by atoms with Crippen LogP contribution in [0.4, 0.5) is 5.82 Å². The van der Waals surface area contributed by atoms with Crippen LogP contribution in [0.5, 0.6) is 0 Å². The molecule has 1 saturated carbocycles. The number of anilines is 1. The Balaban J connectivity index is 1.32. The van der Waals surface area contributed by atoms with Crippen molar-refractivity contribution in [2.24, 2.45) is 5.10 Å². The number of amides is 1. The summed E-state index contributed by atoms with van der Waals surface area (Å²) in [6.45, 7) is 0.428. The molecule has 2 aromatic carbocycles. The molecule has 2 heterocycles. The second-order valence-corrected chi connectivity index (χ2v) is 9.16. The minimum atomic E-state index is -0.481. The third-order valence-corrected chi connectivity index (χ3v) is 6.67. The fourth-order valence-electron chi connectivity index (χ4n) is 4.63. The molecule has 0 spiro atoms. The van der Waals surface area contributed by atoms with Crippen molar-refractivity contribution in [2.45, 2.75) is 44.7 Å². The van der Waals surface area contributed by atoms with Crippen molar-refractivity contribution in [2.75, 3.05) is 12.8 Å². The second kappa shape index (κ2) is 11.1. The average Bonchev–Trinajstić information content (AvgIpc) is 3.55. The topological polar surface area (TPSA) is 140 Å². The number of benzene rings is 2. The third-order valence-electron chi connectivity index (χ3n) is 6.67. The Labute approximate surface area is 214 Å². The molecule has 2 aromatic heterocycles. The molecule has 1 aliphatic rings. The maximum atomic E-state index is 13.1. The van der Waals surface area contributed by atoms with E-state index in [1.807, 2.05) is 49.5 Å². The maximum Gasteiger partial charge on any atom is 0.293 e. The molecule has 37 heavy (non-hydrogen) atoms. The number of nitrogens with zero attached hydrogens (tertiary/aromatic N) is 7. The molecule has 0 saturated heterocycles. The second-order valence-electron chi connectivity index (χ2n) is 9.16. The number of nitrogens with one attached hydrogen (secondary N) is 1. The number of hydrazone groups is 1. The first-order chi connectivity index (χ1) is 18.1. The summed E-state index contributed by atoms with van der Waals surface area (Å²) in [5.74, 6) is -0.221. The van der Waals surface area contributed by atoms with Crippen molar-refractivity contribution in [3.8, 4) is 16.9 Å². The van der Waals surface area contributed by atoms with E-state index in [9.17, 15) is 4.79 Å². The Morgan fingerprint density at radius 3 is 2.54 bits per heavy atom. The van der Waals surface area contributed by atoms with E-state index in [0.29, 0.717) is 18.3 Å². The summed E-state index contributed by atoms with van der Waals surface area (Å²) in [7, 11) is 2.04. The largest absolute Gasteiger partial charge is 0.378 e. The molecule has 11 heteroatoms. The first kappa shape index (κ1) is 24.3. The van der Waals surface area contributed by atoms with E-state index in [0.717, 1.165) is 29.5 Å². The van der Waals surface area contributed by atoms with Gasteiger partial charge in [-0.05, 0) is 46.9 Å². The molecule has 0 aliphatic heterocycles. The predicted octanol–water partition coefficient (Wildman–Crippen LogP) is 3.43. The van der Waals surface area contributed by atoms with Crippen LogP contribution < -0.4 is 11.2 Å². The minimum absolute atomic E-state index is 0.0652. The highest BCUT2D eigenvalue weighted by molar-refractivity contribution is 5.94. The Kier molecular flexibility index (Phi) is 7.31. The minimum Gasteiger partial charge on any atom is -0.378 e. The van der Waals surface area contributed by atoms with Crippen molar-refractivity contribution in [3.63, 3.8) is 0 Å². The normalized spacial score (nSPS) is 14.4. The molecule has 1 fully saturated rings. The maximum absolute atomic E-state index is 13.1. The number of nitrogen functional groups attached to an aromatic ring is 1. The zero-order chi connectivity index (χ0) is 25.6. The van der Waals surface area contributed by atoms with Gasteiger partial charge in [-0.25, -0.2) is 10.1 Å². The molecular weight excluding hydrogens is 470 g/mol. The number of hydrogen-bond donors (Lipinski definition) is 2. The number of carbonyl (C=O) groups is 1. The van der Waals surface area contributed by atoms with E-state index in [4.69, 9.17) is 10.4 Å². The van der Waals surface area contributed by atoms with Crippen molar-refractivity contribution < 1.29 is 9.42 Å². The number of aromatic nitrogens is 5. The lowest BCUT2D eigenvalue weighted by atomic mass is 9.94. The van der Waals surface area contributed by atoms with Gasteiger partial charge in [-0.1, -0.05) is 79.1 Å². The van der Waals surface area contributed by atoms with Gasteiger partial charge in [-0.2, -0.15) is 9.78 Å². The highest BCUT2D eigenvalue weighted by Gasteiger charge is 2.27. The lowest BCUT2D eigenvalue weighted by molar-refractivity contribution is 0.0947. The van der Waals surface area contributed by atoms with Gasteiger partial charge < -0.3 is 5.73 Å². The van der Waals surface area contributed by atoms with Crippen LogP contribution in [0.25, 0.3) is 16.9 Å². The molecule has 190 valence electrons. The first-order valence-electron chi connectivity index (χ1n) is 12.3. The van der Waals surface area contributed by atoms with Crippen LogP contribution in [0.2, 0.25) is 0 Å². The molecule has 0 radical (unpaired) electrons. The summed E-state index contributed by atoms with van der Waals surface area (Å²) in [5.41, 5.74) is 12.2. The van der Waals surface area contributed by atoms with Crippen LogP contribution in [0.15, 0.2) is 64.3 Å². The molecular formula is C26H29N9O2. The predicted molar refractivity (Wildman–Crippen MR) is 139 cm³/mol. The summed E-state index contributed by atoms with van der Waals surface area (Å²) in [6.07, 6.45) is 7.46. The van der Waals surface area contributed by atoms with Crippen molar-refractivity contribution >= 4 is 17.9 Å². The summed E-state index contributed by atoms with van der Waals surface area (Å²) < 4.78 is 6.15. The van der Waals surface area contributed by atoms with Gasteiger partial charge >= 0.3 is 0 Å². The van der Waals surface area contributed by atoms with E-state index in [-0.39, 0.29) is 17.3 Å². The fourth-order valence-corrected chi connectivity index (χ4v) is 4.63. The Bertz CT molecular complexity index is 1360. The van der Waals surface area contributed by atoms with Gasteiger partial charge in [0, 0.05) is 12.6 Å². The van der Waals surface area contributed by atoms with Gasteiger partial charge in [0.15, 0.2) is 5.69 Å². The van der Waals surface area contributed by atoms with E-state index in [2.05, 4.69) is 48.2 Å². The van der Waals surface area contributed by atoms with Crippen molar-refractivity contribution in [3.05, 3.63) is 71.5 Å². The zero-order valence-corrected chi connectivity index (χ0v) is 20.6. The Morgan fingerprint density at radius 2 is 1.84 bits per heavy atom. The monoisotopic (exact) mass is 499 g/mol. The lowest BCUT2D eigenvalue weighted by Crippen LogP contribution is -2.34. The van der Waals surface area contributed by atoms with E-state index >= 15 is 0 Å². The van der Waals surface area contributed by atoms with Crippen molar-refractivity contribution in [1.29, 1.82) is 0 Å². The summed E-state index contributed by atoms with van der Waals surface area (Å²) >= 11 is 0. The first-order valence-corrected chi connectivity index (χ1v) is 12.3. The highest BCUT2D eigenvalue weighted by Crippen LogP contribution is 2.25. The number of carbonyl (C=O) groups excluding carboxylic acids is 1. The lowest BCUT2D eigenvalue weighted by Gasteiger charge is -2.31. The smallest absolute Gasteiger partial charge is 0.293 e. The number of nitrogens with two attached hydrogens (primary N) is 1. The number of hydrogen-bond acceptors (Lipinski definition) is 9. The van der Waals surface area contributed by atoms with Gasteiger partial charge in [0.05, 0.1) is 11.9 Å². The molecule has 0 atom stereocenters. The molecule has 4 aromatic rings. The summed E-state index contributed by atoms with van der Waals surface area (Å²) in [5, 5.41) is 19.9. The van der Waals surface area contributed by atoms with Crippen LogP contribution in [-0.4, -0.2) is 55.4 Å². The zero-order valence-electron chi connectivity index (χ0n) is 20.6. The molecule has 1 amide bonds. The van der Waals surface area contributed by atoms with E-state index in [1.54, 1.807) is 6.21 Å². The van der Waals surface area contributed by atoms with Crippen LogP contribution in [0.1, 0.15) is 53.8 Å². The molecule has 11 nitrogen and oxygen atoms in total. The number of rotatable bonds is 8. The van der Waals surface area contributed by atoms with Crippen LogP contribution in [0.3, 0.4) is 0 Å². The van der Waals surface area contributed by atoms with E-state index in [1.165, 1.54) is 23.9 Å². The summed E-state index contributed by atoms with van der Waals surface area (Å²) in [6, 6.07) is 18.4. The van der Waals surface area contributed by atoms with Gasteiger partial charge in [-0.3, -0.25) is 9.69 Å². The summed E-state index contributed by atoms with van der Waals surface area (Å²) in [4.78, 5) is 15.3. The fraction of sp³-hybridized carbons (Fsp3) is 0.308. The molecule has 1 aliphatic carbocycles. The Hall–Kier alpha value is -4.38. The van der Waals surface area contributed by atoms with E-state index < -0.39 is 5.91 Å². The van der Waals surface area contributed by atoms with Gasteiger partial charge in [0.2, 0.25) is 11.6 Å². The van der Waals surface area contributed by atoms with Crippen LogP contribution >= 0.6 is 0 Å². The van der Waals surface area contributed by atoms with Gasteiger partial charge in [-0.15, -0.1) is 5.10 Å². The molecule has 0 unspecified atom stereocenters. The quantitative estimate of drug-likeness (QED) is 0.278. The molecule has 3 N–H and O–H groups in total. The Morgan fingerprint density at radius 1 is 1.11 bits per heavy atom. The third kappa shape index (κ3) is 5.56. The highest BCUT2D eigenvalue weighted by atomic mass is 16.6. The average molecular weight is 500 g/mol. The van der Waals surface area contributed by atoms with Gasteiger partial charge in [0.25, 0.3) is 5.91 Å². The van der Waals surface area contributed by atoms with Crippen molar-refractivity contribution in [1.82, 2.24) is 35.6 Å². The molecule has 0 bridgehead atoms. The van der Waals surface area contributed by atoms with Crippen LogP contribution in [-0.2, 0) is 6.54 Å². The molecule has 5 rings (SSSR count). The standard InChI is InChI=1S/C26H29N9O2/c1-34(21-10-6-3-7-11-21)17-22-23(29-33-35(22)25-24(27)31-37-32-25)26(36)30-28-16-18-12-14-20(15-13-18)19-8-4-2-5-9-19/h2,4-5,8-9,12-16,21H,3,6-7,10-11,17H2,1H3,(H2,27,31)(H,30,36). The van der Waals surface area contributed by atoms with Gasteiger partial charge in [0.1, 0.15) is 0 Å². The SMILES string of the molecule is CN(Cc1c(C(=O)NN=Cc2ccc(-c3ccccc3)cc2)nnn1-c1nonc1N)C1CCCCC1.